The lowest BCUT2D eigenvalue weighted by Crippen LogP contribution is -2.24. The van der Waals surface area contributed by atoms with Gasteiger partial charge in [0, 0.05) is 43.7 Å². The lowest BCUT2D eigenvalue weighted by atomic mass is 10.2. The van der Waals surface area contributed by atoms with Crippen LogP contribution in [0.25, 0.3) is 0 Å². The van der Waals surface area contributed by atoms with Crippen LogP contribution in [0.2, 0.25) is 0 Å². The van der Waals surface area contributed by atoms with Gasteiger partial charge in [0.15, 0.2) is 0 Å². The number of anilines is 4. The average Bonchev–Trinajstić information content (AvgIpc) is 3.38. The minimum atomic E-state index is -0.491. The third-order valence-electron chi connectivity index (χ3n) is 4.08. The molecule has 0 aliphatic heterocycles. The van der Waals surface area contributed by atoms with Crippen molar-refractivity contribution in [2.45, 2.75) is 25.8 Å². The number of aromatic nitrogens is 1. The summed E-state index contributed by atoms with van der Waals surface area (Å²) in [5.41, 5.74) is 8.13. The summed E-state index contributed by atoms with van der Waals surface area (Å²) in [6.45, 7) is 1.46. The number of nitrogens with two attached hydrogens (primary N) is 1. The van der Waals surface area contributed by atoms with Crippen LogP contribution in [0, 0.1) is 0 Å². The Morgan fingerprint density at radius 3 is 2.60 bits per heavy atom. The van der Waals surface area contributed by atoms with Gasteiger partial charge in [0.25, 0.3) is 5.91 Å². The molecule has 3 rings (SSSR count). The fraction of sp³-hybridized carbons (Fsp3) is 0.278. The molecular formula is C18H21N5O2. The number of amides is 2. The molecule has 0 bridgehead atoms. The minimum Gasteiger partial charge on any atom is -0.371 e. The number of primary amides is 1. The molecule has 1 heterocycles. The molecular weight excluding hydrogens is 318 g/mol. The lowest BCUT2D eigenvalue weighted by molar-refractivity contribution is -0.114. The Morgan fingerprint density at radius 1 is 1.24 bits per heavy atom. The summed E-state index contributed by atoms with van der Waals surface area (Å²) >= 11 is 0. The molecule has 2 aromatic rings. The number of nitrogens with one attached hydrogen (secondary N) is 2. The summed E-state index contributed by atoms with van der Waals surface area (Å²) in [6, 6.07) is 9.60. The zero-order chi connectivity index (χ0) is 18.0. The van der Waals surface area contributed by atoms with E-state index in [0.717, 1.165) is 24.2 Å². The topological polar surface area (TPSA) is 100 Å². The second-order valence-electron chi connectivity index (χ2n) is 6.18. The van der Waals surface area contributed by atoms with E-state index in [1.54, 1.807) is 0 Å². The predicted octanol–water partition coefficient (Wildman–Crippen LogP) is 2.48. The van der Waals surface area contributed by atoms with Gasteiger partial charge >= 0.3 is 0 Å². The molecule has 1 aromatic carbocycles. The van der Waals surface area contributed by atoms with Gasteiger partial charge in [-0.2, -0.15) is 0 Å². The number of hydrogen-bond acceptors (Lipinski definition) is 5. The van der Waals surface area contributed by atoms with E-state index >= 15 is 0 Å². The zero-order valence-corrected chi connectivity index (χ0v) is 14.2. The van der Waals surface area contributed by atoms with Gasteiger partial charge < -0.3 is 21.3 Å². The van der Waals surface area contributed by atoms with Crippen molar-refractivity contribution in [3.8, 4) is 0 Å². The predicted molar refractivity (Wildman–Crippen MR) is 98.2 cm³/mol. The Morgan fingerprint density at radius 2 is 1.96 bits per heavy atom. The van der Waals surface area contributed by atoms with Gasteiger partial charge in [-0.1, -0.05) is 6.07 Å². The van der Waals surface area contributed by atoms with Crippen LogP contribution in [-0.4, -0.2) is 29.9 Å². The molecule has 1 aliphatic rings. The molecule has 0 atom stereocenters. The van der Waals surface area contributed by atoms with E-state index in [1.807, 2.05) is 37.4 Å². The molecule has 2 amide bonds. The van der Waals surface area contributed by atoms with E-state index in [1.165, 1.54) is 13.1 Å². The van der Waals surface area contributed by atoms with Crippen LogP contribution in [0.1, 0.15) is 30.1 Å². The summed E-state index contributed by atoms with van der Waals surface area (Å²) < 4.78 is 0. The van der Waals surface area contributed by atoms with Crippen LogP contribution < -0.4 is 21.3 Å². The van der Waals surface area contributed by atoms with Crippen LogP contribution in [0.5, 0.6) is 0 Å². The Bertz CT molecular complexity index is 817. The van der Waals surface area contributed by atoms with Gasteiger partial charge in [0.2, 0.25) is 5.91 Å². The highest BCUT2D eigenvalue weighted by molar-refractivity contribution is 5.99. The van der Waals surface area contributed by atoms with Crippen molar-refractivity contribution in [3.05, 3.63) is 42.1 Å². The van der Waals surface area contributed by atoms with Crippen LogP contribution in [0.4, 0.5) is 22.9 Å². The molecule has 1 aliphatic carbocycles. The van der Waals surface area contributed by atoms with E-state index in [0.29, 0.717) is 23.1 Å². The first kappa shape index (κ1) is 16.8. The molecule has 7 nitrogen and oxygen atoms in total. The monoisotopic (exact) mass is 339 g/mol. The highest BCUT2D eigenvalue weighted by Crippen LogP contribution is 2.33. The molecule has 130 valence electrons. The van der Waals surface area contributed by atoms with Gasteiger partial charge in [-0.3, -0.25) is 9.59 Å². The number of pyridine rings is 1. The van der Waals surface area contributed by atoms with Gasteiger partial charge in [0.1, 0.15) is 5.82 Å². The summed E-state index contributed by atoms with van der Waals surface area (Å²) in [6.07, 6.45) is 3.72. The number of nitrogens with zero attached hydrogens (tertiary/aromatic N) is 2. The van der Waals surface area contributed by atoms with E-state index in [4.69, 9.17) is 5.73 Å². The van der Waals surface area contributed by atoms with Crippen molar-refractivity contribution >= 4 is 34.7 Å². The van der Waals surface area contributed by atoms with E-state index in [2.05, 4.69) is 20.5 Å². The normalized spacial score (nSPS) is 13.2. The third kappa shape index (κ3) is 4.06. The van der Waals surface area contributed by atoms with E-state index < -0.39 is 5.91 Å². The molecule has 25 heavy (non-hydrogen) atoms. The van der Waals surface area contributed by atoms with Crippen molar-refractivity contribution < 1.29 is 9.59 Å². The minimum absolute atomic E-state index is 0.130. The first-order valence-electron chi connectivity index (χ1n) is 8.11. The zero-order valence-electron chi connectivity index (χ0n) is 14.2. The van der Waals surface area contributed by atoms with E-state index in [9.17, 15) is 9.59 Å². The number of rotatable bonds is 6. The van der Waals surface area contributed by atoms with Gasteiger partial charge in [-0.25, -0.2) is 4.98 Å². The third-order valence-corrected chi connectivity index (χ3v) is 4.08. The number of benzene rings is 1. The standard InChI is InChI=1S/C18H21N5O2/c1-11(24)21-12-4-3-5-13(8-12)22-17-9-16(23(2)14-6-7-14)15(10-20-17)18(19)25/h3-5,8-10,14H,6-7H2,1-2H3,(H2,19,25)(H,20,22)(H,21,24). The van der Waals surface area contributed by atoms with Gasteiger partial charge in [-0.15, -0.1) is 0 Å². The molecule has 7 heteroatoms. The highest BCUT2D eigenvalue weighted by atomic mass is 16.1. The number of carbonyl (C=O) groups is 2. The first-order chi connectivity index (χ1) is 11.9. The van der Waals surface area contributed by atoms with Crippen LogP contribution in [0.15, 0.2) is 36.5 Å². The fourth-order valence-corrected chi connectivity index (χ4v) is 2.68. The van der Waals surface area contributed by atoms with Crippen LogP contribution >= 0.6 is 0 Å². The Labute approximate surface area is 146 Å². The SMILES string of the molecule is CC(=O)Nc1cccc(Nc2cc(N(C)C3CC3)c(C(N)=O)cn2)c1. The molecule has 0 radical (unpaired) electrons. The largest absolute Gasteiger partial charge is 0.371 e. The average molecular weight is 339 g/mol. The molecule has 4 N–H and O–H groups in total. The summed E-state index contributed by atoms with van der Waals surface area (Å²) in [5, 5.41) is 5.94. The second kappa shape index (κ2) is 6.80. The lowest BCUT2D eigenvalue weighted by Gasteiger charge is -2.21. The second-order valence-corrected chi connectivity index (χ2v) is 6.18. The summed E-state index contributed by atoms with van der Waals surface area (Å²) in [7, 11) is 1.96. The van der Waals surface area contributed by atoms with Crippen LogP contribution in [-0.2, 0) is 4.79 Å². The van der Waals surface area contributed by atoms with Crippen molar-refractivity contribution in [1.29, 1.82) is 0 Å². The molecule has 0 saturated heterocycles. The Hall–Kier alpha value is -3.09. The fourth-order valence-electron chi connectivity index (χ4n) is 2.68. The van der Waals surface area contributed by atoms with Gasteiger partial charge in [0.05, 0.1) is 11.3 Å². The number of carbonyl (C=O) groups excluding carboxylic acids is 2. The molecule has 1 aromatic heterocycles. The first-order valence-corrected chi connectivity index (χ1v) is 8.11. The maximum Gasteiger partial charge on any atom is 0.252 e. The maximum atomic E-state index is 11.7. The molecule has 1 fully saturated rings. The van der Waals surface area contributed by atoms with Crippen molar-refractivity contribution in [3.63, 3.8) is 0 Å². The van der Waals surface area contributed by atoms with Crippen molar-refractivity contribution in [2.75, 3.05) is 22.6 Å². The summed E-state index contributed by atoms with van der Waals surface area (Å²) in [4.78, 5) is 29.2. The van der Waals surface area contributed by atoms with Crippen LogP contribution in [0.3, 0.4) is 0 Å². The van der Waals surface area contributed by atoms with Gasteiger partial charge in [-0.05, 0) is 31.0 Å². The highest BCUT2D eigenvalue weighted by Gasteiger charge is 2.28. The molecule has 1 saturated carbocycles. The smallest absolute Gasteiger partial charge is 0.252 e. The molecule has 0 unspecified atom stereocenters. The Balaban J connectivity index is 1.86. The maximum absolute atomic E-state index is 11.7. The van der Waals surface area contributed by atoms with E-state index in [-0.39, 0.29) is 5.91 Å². The van der Waals surface area contributed by atoms with Crippen molar-refractivity contribution in [2.24, 2.45) is 5.73 Å². The van der Waals surface area contributed by atoms with Crippen molar-refractivity contribution in [1.82, 2.24) is 4.98 Å². The summed E-state index contributed by atoms with van der Waals surface area (Å²) in [5.74, 6) is -0.0175. The quantitative estimate of drug-likeness (QED) is 0.751. The number of hydrogen-bond donors (Lipinski definition) is 3. The Kier molecular flexibility index (Phi) is 4.56. The molecule has 0 spiro atoms.